The average molecular weight is 510 g/mol. The van der Waals surface area contributed by atoms with Gasteiger partial charge in [0.25, 0.3) is 5.91 Å². The topological polar surface area (TPSA) is 102 Å². The van der Waals surface area contributed by atoms with Crippen LogP contribution in [0, 0.1) is 0 Å². The highest BCUT2D eigenvalue weighted by atomic mass is 19.4. The lowest BCUT2D eigenvalue weighted by Gasteiger charge is -2.34. The van der Waals surface area contributed by atoms with Crippen LogP contribution in [0.3, 0.4) is 0 Å². The second-order valence-electron chi connectivity index (χ2n) is 8.56. The zero-order valence-electron chi connectivity index (χ0n) is 19.8. The van der Waals surface area contributed by atoms with Gasteiger partial charge >= 0.3 is 6.36 Å². The maximum Gasteiger partial charge on any atom is 0.573 e. The summed E-state index contributed by atoms with van der Waals surface area (Å²) in [6.07, 6.45) is -1.05. The van der Waals surface area contributed by atoms with Crippen LogP contribution in [0.15, 0.2) is 54.9 Å². The summed E-state index contributed by atoms with van der Waals surface area (Å²) < 4.78 is 44.5. The fraction of sp³-hybridized carbons (Fsp3) is 0.240. The zero-order chi connectivity index (χ0) is 26.3. The minimum atomic E-state index is -4.85. The molecule has 0 aliphatic carbocycles. The lowest BCUT2D eigenvalue weighted by Crippen LogP contribution is -2.40. The molecule has 0 saturated heterocycles. The number of carbonyl (C=O) groups excluding carboxylic acids is 2. The number of rotatable bonds is 5. The summed E-state index contributed by atoms with van der Waals surface area (Å²) in [5.74, 6) is -0.794. The van der Waals surface area contributed by atoms with Crippen LogP contribution in [0.2, 0.25) is 0 Å². The van der Waals surface area contributed by atoms with Crippen LogP contribution in [0.4, 0.5) is 19.1 Å². The number of nitrogens with zero attached hydrogens (tertiary/aromatic N) is 5. The van der Waals surface area contributed by atoms with E-state index in [0.29, 0.717) is 35.4 Å². The van der Waals surface area contributed by atoms with Crippen molar-refractivity contribution in [1.29, 1.82) is 0 Å². The SMILES string of the molecule is CC(=O)Nc1nc2cc(-c3cnc4c(c3)C(=O)N(C(C)c3ccccc3OC(F)(F)F)CC4)ccn2n1. The predicted molar refractivity (Wildman–Crippen MR) is 127 cm³/mol. The molecule has 0 fully saturated rings. The maximum atomic E-state index is 13.5. The molecule has 1 N–H and O–H groups in total. The third kappa shape index (κ3) is 4.95. The molecule has 1 aliphatic rings. The molecule has 1 unspecified atom stereocenters. The van der Waals surface area contributed by atoms with Crippen molar-refractivity contribution in [1.82, 2.24) is 24.5 Å². The summed E-state index contributed by atoms with van der Waals surface area (Å²) in [6, 6.07) is 10.4. The van der Waals surface area contributed by atoms with Crippen molar-refractivity contribution in [2.45, 2.75) is 32.7 Å². The lowest BCUT2D eigenvalue weighted by atomic mass is 9.97. The van der Waals surface area contributed by atoms with Gasteiger partial charge in [0.1, 0.15) is 5.75 Å². The molecule has 5 rings (SSSR count). The van der Waals surface area contributed by atoms with E-state index < -0.39 is 12.4 Å². The quantitative estimate of drug-likeness (QED) is 0.427. The molecule has 4 aromatic rings. The Morgan fingerprint density at radius 2 is 1.95 bits per heavy atom. The van der Waals surface area contributed by atoms with Crippen molar-refractivity contribution < 1.29 is 27.5 Å². The highest BCUT2D eigenvalue weighted by Crippen LogP contribution is 2.35. The monoisotopic (exact) mass is 510 g/mol. The number of carbonyl (C=O) groups is 2. The van der Waals surface area contributed by atoms with Crippen LogP contribution in [-0.4, -0.2) is 49.2 Å². The minimum Gasteiger partial charge on any atom is -0.405 e. The van der Waals surface area contributed by atoms with Crippen LogP contribution >= 0.6 is 0 Å². The van der Waals surface area contributed by atoms with Gasteiger partial charge in [0.05, 0.1) is 17.3 Å². The summed E-state index contributed by atoms with van der Waals surface area (Å²) in [7, 11) is 0. The van der Waals surface area contributed by atoms with Gasteiger partial charge in [0.2, 0.25) is 11.9 Å². The first kappa shape index (κ1) is 24.2. The molecular weight excluding hydrogens is 489 g/mol. The molecule has 9 nitrogen and oxygen atoms in total. The highest BCUT2D eigenvalue weighted by Gasteiger charge is 2.35. The first-order valence-corrected chi connectivity index (χ1v) is 11.4. The Morgan fingerprint density at radius 3 is 2.70 bits per heavy atom. The summed E-state index contributed by atoms with van der Waals surface area (Å²) in [6.45, 7) is 3.33. The van der Waals surface area contributed by atoms with Gasteiger partial charge in [-0.1, -0.05) is 18.2 Å². The minimum absolute atomic E-state index is 0.169. The Hall–Kier alpha value is -4.48. The van der Waals surface area contributed by atoms with Gasteiger partial charge in [0, 0.05) is 43.4 Å². The number of fused-ring (bicyclic) bond motifs is 2. The van der Waals surface area contributed by atoms with Crippen molar-refractivity contribution in [3.63, 3.8) is 0 Å². The number of benzene rings is 1. The van der Waals surface area contributed by atoms with Crippen molar-refractivity contribution in [3.8, 4) is 16.9 Å². The van der Waals surface area contributed by atoms with Crippen molar-refractivity contribution in [2.24, 2.45) is 0 Å². The van der Waals surface area contributed by atoms with Gasteiger partial charge in [-0.05, 0) is 36.8 Å². The molecule has 1 atom stereocenters. The fourth-order valence-electron chi connectivity index (χ4n) is 4.37. The second-order valence-corrected chi connectivity index (χ2v) is 8.56. The van der Waals surface area contributed by atoms with Crippen molar-refractivity contribution >= 4 is 23.4 Å². The van der Waals surface area contributed by atoms with E-state index in [-0.39, 0.29) is 29.1 Å². The predicted octanol–water partition coefficient (Wildman–Crippen LogP) is 4.41. The van der Waals surface area contributed by atoms with Crippen molar-refractivity contribution in [2.75, 3.05) is 11.9 Å². The molecule has 0 spiro atoms. The largest absolute Gasteiger partial charge is 0.573 e. The van der Waals surface area contributed by atoms with E-state index in [1.165, 1.54) is 34.5 Å². The molecular formula is C25H21F3N6O3. The number of aromatic nitrogens is 4. The van der Waals surface area contributed by atoms with E-state index in [1.54, 1.807) is 43.6 Å². The van der Waals surface area contributed by atoms with Crippen LogP contribution in [-0.2, 0) is 11.2 Å². The molecule has 0 radical (unpaired) electrons. The van der Waals surface area contributed by atoms with Gasteiger partial charge in [-0.25, -0.2) is 4.52 Å². The molecule has 190 valence electrons. The van der Waals surface area contributed by atoms with E-state index in [0.717, 1.165) is 5.56 Å². The fourth-order valence-corrected chi connectivity index (χ4v) is 4.37. The van der Waals surface area contributed by atoms with Gasteiger partial charge in [0.15, 0.2) is 5.65 Å². The standard InChI is InChI=1S/C25H21F3N6O3/c1-14(18-5-3-4-6-21(18)37-25(26,27)28)33-9-8-20-19(23(33)36)11-17(13-29-20)16-7-10-34-22(12-16)31-24(32-34)30-15(2)35/h3-7,10-14H,8-9H2,1-2H3,(H,30,32,35). The molecule has 3 aromatic heterocycles. The number of ether oxygens (including phenoxy) is 1. The second kappa shape index (κ2) is 9.19. The number of halogens is 3. The number of para-hydroxylation sites is 1. The number of hydrogen-bond acceptors (Lipinski definition) is 6. The Balaban J connectivity index is 1.44. The summed E-state index contributed by atoms with van der Waals surface area (Å²) in [4.78, 5) is 35.1. The molecule has 1 aromatic carbocycles. The first-order chi connectivity index (χ1) is 17.6. The molecule has 0 saturated carbocycles. The molecule has 2 amide bonds. The van der Waals surface area contributed by atoms with Crippen LogP contribution in [0.25, 0.3) is 16.8 Å². The Bertz CT molecular complexity index is 1520. The molecule has 12 heteroatoms. The van der Waals surface area contributed by atoms with E-state index >= 15 is 0 Å². The van der Waals surface area contributed by atoms with E-state index in [9.17, 15) is 22.8 Å². The number of pyridine rings is 2. The van der Waals surface area contributed by atoms with Gasteiger partial charge in [-0.15, -0.1) is 18.3 Å². The van der Waals surface area contributed by atoms with Gasteiger partial charge < -0.3 is 9.64 Å². The summed E-state index contributed by atoms with van der Waals surface area (Å²) in [5, 5.41) is 6.70. The summed E-state index contributed by atoms with van der Waals surface area (Å²) >= 11 is 0. The first-order valence-electron chi connectivity index (χ1n) is 11.4. The number of amides is 2. The van der Waals surface area contributed by atoms with Crippen molar-refractivity contribution in [3.05, 3.63) is 71.7 Å². The number of alkyl halides is 3. The summed E-state index contributed by atoms with van der Waals surface area (Å²) in [5.41, 5.74) is 3.13. The van der Waals surface area contributed by atoms with E-state index in [1.807, 2.05) is 0 Å². The van der Waals surface area contributed by atoms with Crippen LogP contribution < -0.4 is 10.1 Å². The molecule has 4 heterocycles. The Morgan fingerprint density at radius 1 is 1.16 bits per heavy atom. The highest BCUT2D eigenvalue weighted by molar-refractivity contribution is 5.97. The number of hydrogen-bond donors (Lipinski definition) is 1. The van der Waals surface area contributed by atoms with Gasteiger partial charge in [-0.2, -0.15) is 4.98 Å². The molecule has 37 heavy (non-hydrogen) atoms. The Labute approximate surface area is 208 Å². The number of anilines is 1. The lowest BCUT2D eigenvalue weighted by molar-refractivity contribution is -0.275. The Kier molecular flexibility index (Phi) is 6.02. The third-order valence-corrected chi connectivity index (χ3v) is 6.07. The maximum absolute atomic E-state index is 13.5. The smallest absolute Gasteiger partial charge is 0.405 e. The average Bonchev–Trinajstić information content (AvgIpc) is 3.24. The zero-order valence-corrected chi connectivity index (χ0v) is 19.8. The van der Waals surface area contributed by atoms with E-state index in [4.69, 9.17) is 0 Å². The number of nitrogens with one attached hydrogen (secondary N) is 1. The third-order valence-electron chi connectivity index (χ3n) is 6.07. The molecule has 1 aliphatic heterocycles. The van der Waals surface area contributed by atoms with Gasteiger partial charge in [-0.3, -0.25) is 19.9 Å². The van der Waals surface area contributed by atoms with Crippen LogP contribution in [0.1, 0.15) is 41.5 Å². The molecule has 0 bridgehead atoms. The normalized spacial score (nSPS) is 14.4. The van der Waals surface area contributed by atoms with Crippen LogP contribution in [0.5, 0.6) is 5.75 Å². The van der Waals surface area contributed by atoms with E-state index in [2.05, 4.69) is 25.1 Å².